The molecular formula is C19H15NO3. The van der Waals surface area contributed by atoms with Gasteiger partial charge in [0.25, 0.3) is 0 Å². The number of amides is 1. The topological polar surface area (TPSA) is 58.6 Å². The van der Waals surface area contributed by atoms with E-state index in [1.807, 2.05) is 30.3 Å². The Kier molecular flexibility index (Phi) is 4.25. The predicted molar refractivity (Wildman–Crippen MR) is 89.6 cm³/mol. The molecule has 0 spiro atoms. The van der Waals surface area contributed by atoms with E-state index in [1.54, 1.807) is 48.5 Å². The summed E-state index contributed by atoms with van der Waals surface area (Å²) >= 11 is 0. The molecule has 0 radical (unpaired) electrons. The number of carbonyl (C=O) groups excluding carboxylic acids is 1. The maximum absolute atomic E-state index is 11.8. The first kappa shape index (κ1) is 14.7. The highest BCUT2D eigenvalue weighted by Crippen LogP contribution is 2.23. The minimum absolute atomic E-state index is 0.232. The fourth-order valence-electron chi connectivity index (χ4n) is 2.14. The van der Waals surface area contributed by atoms with Crippen LogP contribution in [0.5, 0.6) is 11.5 Å². The maximum atomic E-state index is 11.8. The Morgan fingerprint density at radius 3 is 1.96 bits per heavy atom. The van der Waals surface area contributed by atoms with Crippen LogP contribution in [0.15, 0.2) is 78.9 Å². The number of rotatable bonds is 3. The first-order valence-electron chi connectivity index (χ1n) is 7.14. The predicted octanol–water partition coefficient (Wildman–Crippen LogP) is 4.67. The van der Waals surface area contributed by atoms with E-state index >= 15 is 0 Å². The van der Waals surface area contributed by atoms with Crippen LogP contribution in [0.25, 0.3) is 11.1 Å². The number of para-hydroxylation sites is 1. The zero-order valence-electron chi connectivity index (χ0n) is 12.3. The van der Waals surface area contributed by atoms with Crippen molar-refractivity contribution in [3.05, 3.63) is 78.9 Å². The third-order valence-corrected chi connectivity index (χ3v) is 3.29. The van der Waals surface area contributed by atoms with Crippen LogP contribution in [-0.2, 0) is 0 Å². The van der Waals surface area contributed by atoms with Crippen LogP contribution in [-0.4, -0.2) is 11.2 Å². The van der Waals surface area contributed by atoms with Gasteiger partial charge < -0.3 is 9.84 Å². The molecule has 0 atom stereocenters. The quantitative estimate of drug-likeness (QED) is 0.739. The average Bonchev–Trinajstić information content (AvgIpc) is 2.57. The van der Waals surface area contributed by atoms with Crippen LogP contribution in [0.3, 0.4) is 0 Å². The molecule has 0 saturated heterocycles. The Morgan fingerprint density at radius 2 is 1.35 bits per heavy atom. The summed E-state index contributed by atoms with van der Waals surface area (Å²) < 4.78 is 5.17. The molecule has 0 aliphatic rings. The summed E-state index contributed by atoms with van der Waals surface area (Å²) in [5.41, 5.74) is 2.63. The van der Waals surface area contributed by atoms with Gasteiger partial charge in [0.15, 0.2) is 0 Å². The maximum Gasteiger partial charge on any atom is 0.417 e. The van der Waals surface area contributed by atoms with Crippen LogP contribution in [0, 0.1) is 0 Å². The standard InChI is InChI=1S/C19H15NO3/c21-17-12-8-15(9-13-17)14-6-10-16(11-7-14)20-19(22)23-18-4-2-1-3-5-18/h1-13,21H,(H,20,22). The molecule has 0 unspecified atom stereocenters. The molecule has 0 fully saturated rings. The first-order valence-corrected chi connectivity index (χ1v) is 7.14. The smallest absolute Gasteiger partial charge is 0.417 e. The van der Waals surface area contributed by atoms with Crippen molar-refractivity contribution in [2.45, 2.75) is 0 Å². The zero-order valence-corrected chi connectivity index (χ0v) is 12.3. The van der Waals surface area contributed by atoms with Crippen molar-refractivity contribution < 1.29 is 14.6 Å². The normalized spacial score (nSPS) is 10.1. The van der Waals surface area contributed by atoms with Crippen LogP contribution >= 0.6 is 0 Å². The number of nitrogens with one attached hydrogen (secondary N) is 1. The third kappa shape index (κ3) is 3.89. The largest absolute Gasteiger partial charge is 0.508 e. The van der Waals surface area contributed by atoms with Crippen molar-refractivity contribution >= 4 is 11.8 Å². The lowest BCUT2D eigenvalue weighted by Gasteiger charge is -2.07. The monoisotopic (exact) mass is 305 g/mol. The molecule has 3 rings (SSSR count). The van der Waals surface area contributed by atoms with Gasteiger partial charge in [-0.05, 0) is 47.5 Å². The van der Waals surface area contributed by atoms with Crippen molar-refractivity contribution in [1.82, 2.24) is 0 Å². The first-order chi connectivity index (χ1) is 11.2. The van der Waals surface area contributed by atoms with Crippen molar-refractivity contribution in [2.75, 3.05) is 5.32 Å². The average molecular weight is 305 g/mol. The molecule has 4 heteroatoms. The molecule has 0 aromatic heterocycles. The van der Waals surface area contributed by atoms with E-state index in [2.05, 4.69) is 5.32 Å². The van der Waals surface area contributed by atoms with E-state index in [0.29, 0.717) is 11.4 Å². The summed E-state index contributed by atoms with van der Waals surface area (Å²) in [5, 5.41) is 12.0. The van der Waals surface area contributed by atoms with Crippen molar-refractivity contribution in [3.8, 4) is 22.6 Å². The lowest BCUT2D eigenvalue weighted by Crippen LogP contribution is -2.16. The molecule has 0 heterocycles. The molecule has 114 valence electrons. The van der Waals surface area contributed by atoms with E-state index in [0.717, 1.165) is 11.1 Å². The number of ether oxygens (including phenoxy) is 1. The summed E-state index contributed by atoms with van der Waals surface area (Å²) in [6.45, 7) is 0. The number of phenolic OH excluding ortho intramolecular Hbond substituents is 1. The molecule has 23 heavy (non-hydrogen) atoms. The molecule has 0 aliphatic carbocycles. The van der Waals surface area contributed by atoms with Crippen LogP contribution in [0.2, 0.25) is 0 Å². The van der Waals surface area contributed by atoms with Gasteiger partial charge in [0.05, 0.1) is 0 Å². The fraction of sp³-hybridized carbons (Fsp3) is 0. The van der Waals surface area contributed by atoms with E-state index in [9.17, 15) is 9.90 Å². The Bertz CT molecular complexity index is 781. The number of hydrogen-bond donors (Lipinski definition) is 2. The highest BCUT2D eigenvalue weighted by molar-refractivity contribution is 5.86. The number of carbonyl (C=O) groups is 1. The van der Waals surface area contributed by atoms with Crippen LogP contribution in [0.1, 0.15) is 0 Å². The Hall–Kier alpha value is -3.27. The fourth-order valence-corrected chi connectivity index (χ4v) is 2.14. The third-order valence-electron chi connectivity index (χ3n) is 3.29. The molecule has 0 aliphatic heterocycles. The van der Waals surface area contributed by atoms with E-state index in [4.69, 9.17) is 4.74 Å². The second-order valence-corrected chi connectivity index (χ2v) is 4.95. The summed E-state index contributed by atoms with van der Waals surface area (Å²) in [6.07, 6.45) is -0.534. The summed E-state index contributed by atoms with van der Waals surface area (Å²) in [7, 11) is 0. The minimum Gasteiger partial charge on any atom is -0.508 e. The summed E-state index contributed by atoms with van der Waals surface area (Å²) in [6, 6.07) is 23.2. The molecule has 2 N–H and O–H groups in total. The number of benzene rings is 3. The number of aromatic hydroxyl groups is 1. The van der Waals surface area contributed by atoms with Crippen molar-refractivity contribution in [3.63, 3.8) is 0 Å². The molecule has 0 bridgehead atoms. The molecule has 3 aromatic rings. The SMILES string of the molecule is O=C(Nc1ccc(-c2ccc(O)cc2)cc1)Oc1ccccc1. The molecule has 0 saturated carbocycles. The summed E-state index contributed by atoms with van der Waals surface area (Å²) in [5.74, 6) is 0.724. The van der Waals surface area contributed by atoms with Gasteiger partial charge in [0.2, 0.25) is 0 Å². The molecule has 1 amide bonds. The number of anilines is 1. The van der Waals surface area contributed by atoms with Gasteiger partial charge in [0, 0.05) is 5.69 Å². The second-order valence-electron chi connectivity index (χ2n) is 4.95. The molecule has 4 nitrogen and oxygen atoms in total. The van der Waals surface area contributed by atoms with Gasteiger partial charge in [-0.3, -0.25) is 5.32 Å². The van der Waals surface area contributed by atoms with Gasteiger partial charge in [-0.15, -0.1) is 0 Å². The van der Waals surface area contributed by atoms with Gasteiger partial charge in [-0.1, -0.05) is 42.5 Å². The highest BCUT2D eigenvalue weighted by atomic mass is 16.6. The van der Waals surface area contributed by atoms with E-state index in [1.165, 1.54) is 0 Å². The van der Waals surface area contributed by atoms with Crippen molar-refractivity contribution in [1.29, 1.82) is 0 Å². The van der Waals surface area contributed by atoms with Crippen molar-refractivity contribution in [2.24, 2.45) is 0 Å². The van der Waals surface area contributed by atoms with Crippen LogP contribution in [0.4, 0.5) is 10.5 Å². The zero-order chi connectivity index (χ0) is 16.1. The van der Waals surface area contributed by atoms with Gasteiger partial charge >= 0.3 is 6.09 Å². The van der Waals surface area contributed by atoms with Gasteiger partial charge in [-0.25, -0.2) is 4.79 Å². The molecular weight excluding hydrogens is 290 g/mol. The Labute approximate surface area is 134 Å². The number of phenols is 1. The summed E-state index contributed by atoms with van der Waals surface area (Å²) in [4.78, 5) is 11.8. The Morgan fingerprint density at radius 1 is 0.783 bits per heavy atom. The molecule has 3 aromatic carbocycles. The Balaban J connectivity index is 1.65. The second kappa shape index (κ2) is 6.66. The van der Waals surface area contributed by atoms with Gasteiger partial charge in [0.1, 0.15) is 11.5 Å². The number of hydrogen-bond acceptors (Lipinski definition) is 3. The minimum atomic E-state index is -0.534. The lowest BCUT2D eigenvalue weighted by molar-refractivity contribution is 0.215. The van der Waals surface area contributed by atoms with E-state index in [-0.39, 0.29) is 5.75 Å². The highest BCUT2D eigenvalue weighted by Gasteiger charge is 2.05. The van der Waals surface area contributed by atoms with Gasteiger partial charge in [-0.2, -0.15) is 0 Å². The lowest BCUT2D eigenvalue weighted by atomic mass is 10.1. The van der Waals surface area contributed by atoms with Crippen LogP contribution < -0.4 is 10.1 Å². The van der Waals surface area contributed by atoms with E-state index < -0.39 is 6.09 Å².